The number of pyridine rings is 1. The third-order valence-corrected chi connectivity index (χ3v) is 4.44. The van der Waals surface area contributed by atoms with E-state index in [9.17, 15) is 10.1 Å². The molecule has 0 bridgehead atoms. The van der Waals surface area contributed by atoms with E-state index in [1.54, 1.807) is 12.1 Å². The lowest BCUT2D eigenvalue weighted by atomic mass is 10.0. The maximum atomic E-state index is 10.8. The van der Waals surface area contributed by atoms with Crippen molar-refractivity contribution in [2.45, 2.75) is 26.3 Å². The molecule has 3 aromatic rings. The maximum Gasteiger partial charge on any atom is 0.269 e. The van der Waals surface area contributed by atoms with Crippen molar-refractivity contribution in [2.24, 2.45) is 0 Å². The van der Waals surface area contributed by atoms with Crippen molar-refractivity contribution in [2.75, 3.05) is 5.32 Å². The number of aryl methyl sites for hydroxylation is 1. The molecule has 0 amide bonds. The van der Waals surface area contributed by atoms with Crippen LogP contribution < -0.4 is 5.32 Å². The number of para-hydroxylation sites is 1. The van der Waals surface area contributed by atoms with Gasteiger partial charge in [0.05, 0.1) is 10.4 Å². The van der Waals surface area contributed by atoms with E-state index < -0.39 is 4.92 Å². The Kier molecular flexibility index (Phi) is 4.86. The first kappa shape index (κ1) is 17.2. The first-order chi connectivity index (χ1) is 12.0. The Balaban J connectivity index is 1.95. The lowest BCUT2D eigenvalue weighted by molar-refractivity contribution is -0.384. The van der Waals surface area contributed by atoms with Gasteiger partial charge in [0.1, 0.15) is 5.15 Å². The van der Waals surface area contributed by atoms with Crippen LogP contribution in [0.15, 0.2) is 48.5 Å². The van der Waals surface area contributed by atoms with Crippen LogP contribution >= 0.6 is 11.6 Å². The molecule has 0 aliphatic rings. The molecular formula is C19H18ClN3O2. The number of fused-ring (bicyclic) bond motifs is 1. The number of halogens is 1. The summed E-state index contributed by atoms with van der Waals surface area (Å²) in [6.07, 6.45) is 0.877. The molecule has 5 nitrogen and oxygen atoms in total. The molecule has 0 aliphatic carbocycles. The highest BCUT2D eigenvalue weighted by Gasteiger charge is 2.13. The van der Waals surface area contributed by atoms with Gasteiger partial charge in [-0.15, -0.1) is 0 Å². The summed E-state index contributed by atoms with van der Waals surface area (Å²) in [5, 5.41) is 15.7. The number of nitro benzene ring substituents is 1. The molecule has 1 heterocycles. The van der Waals surface area contributed by atoms with Gasteiger partial charge in [-0.2, -0.15) is 0 Å². The Morgan fingerprint density at radius 1 is 1.24 bits per heavy atom. The smallest absolute Gasteiger partial charge is 0.269 e. The van der Waals surface area contributed by atoms with Crippen LogP contribution in [0.25, 0.3) is 10.9 Å². The molecule has 0 aliphatic heterocycles. The van der Waals surface area contributed by atoms with Crippen LogP contribution in [0.5, 0.6) is 0 Å². The number of nitro groups is 1. The third-order valence-electron chi connectivity index (χ3n) is 4.25. The molecule has 1 N–H and O–H groups in total. The van der Waals surface area contributed by atoms with E-state index in [0.717, 1.165) is 34.1 Å². The second-order valence-electron chi connectivity index (χ2n) is 5.87. The molecule has 0 fully saturated rings. The van der Waals surface area contributed by atoms with Crippen LogP contribution in [0.2, 0.25) is 5.15 Å². The molecule has 2 aromatic carbocycles. The van der Waals surface area contributed by atoms with E-state index in [4.69, 9.17) is 11.6 Å². The average molecular weight is 356 g/mol. The molecule has 0 radical (unpaired) electrons. The van der Waals surface area contributed by atoms with E-state index in [0.29, 0.717) is 5.15 Å². The third kappa shape index (κ3) is 3.56. The minimum absolute atomic E-state index is 0.0345. The fourth-order valence-corrected chi connectivity index (χ4v) is 3.08. The van der Waals surface area contributed by atoms with Gasteiger partial charge in [0.15, 0.2) is 0 Å². The zero-order chi connectivity index (χ0) is 18.0. The minimum atomic E-state index is -0.399. The molecule has 0 saturated carbocycles. The van der Waals surface area contributed by atoms with E-state index in [1.165, 1.54) is 12.1 Å². The average Bonchev–Trinajstić information content (AvgIpc) is 2.61. The van der Waals surface area contributed by atoms with Gasteiger partial charge in [-0.1, -0.05) is 48.9 Å². The van der Waals surface area contributed by atoms with Gasteiger partial charge >= 0.3 is 0 Å². The molecule has 1 unspecified atom stereocenters. The standard InChI is InChI=1S/C19H18ClN3O2/c1-3-13-5-4-6-16-17(11-18(20)22-19(13)16)21-12(2)14-7-9-15(10-8-14)23(24)25/h4-12H,3H2,1-2H3,(H,21,22). The van der Waals surface area contributed by atoms with Crippen molar-refractivity contribution in [3.05, 3.63) is 74.9 Å². The first-order valence-electron chi connectivity index (χ1n) is 8.08. The van der Waals surface area contributed by atoms with Crippen molar-refractivity contribution in [1.29, 1.82) is 0 Å². The van der Waals surface area contributed by atoms with E-state index in [1.807, 2.05) is 25.1 Å². The van der Waals surface area contributed by atoms with Crippen LogP contribution in [0.1, 0.15) is 31.0 Å². The predicted molar refractivity (Wildman–Crippen MR) is 101 cm³/mol. The molecule has 128 valence electrons. The molecule has 0 spiro atoms. The highest BCUT2D eigenvalue weighted by molar-refractivity contribution is 6.30. The van der Waals surface area contributed by atoms with Gasteiger partial charge in [-0.05, 0) is 30.5 Å². The largest absolute Gasteiger partial charge is 0.378 e. The number of non-ortho nitro benzene ring substituents is 1. The number of rotatable bonds is 5. The summed E-state index contributed by atoms with van der Waals surface area (Å²) in [6, 6.07) is 14.4. The highest BCUT2D eigenvalue weighted by atomic mass is 35.5. The molecule has 25 heavy (non-hydrogen) atoms. The monoisotopic (exact) mass is 355 g/mol. The number of hydrogen-bond acceptors (Lipinski definition) is 4. The SMILES string of the molecule is CCc1cccc2c(NC(C)c3ccc([N+](=O)[O-])cc3)cc(Cl)nc12. The summed E-state index contributed by atoms with van der Waals surface area (Å²) in [5.74, 6) is 0. The van der Waals surface area contributed by atoms with Crippen LogP contribution in [0, 0.1) is 10.1 Å². The van der Waals surface area contributed by atoms with Crippen molar-refractivity contribution in [3.63, 3.8) is 0 Å². The second kappa shape index (κ2) is 7.07. The van der Waals surface area contributed by atoms with E-state index in [2.05, 4.69) is 23.3 Å². The molecule has 1 aromatic heterocycles. The second-order valence-corrected chi connectivity index (χ2v) is 6.26. The topological polar surface area (TPSA) is 68.1 Å². The maximum absolute atomic E-state index is 10.8. The first-order valence-corrected chi connectivity index (χ1v) is 8.46. The van der Waals surface area contributed by atoms with Gasteiger partial charge in [-0.25, -0.2) is 4.98 Å². The Morgan fingerprint density at radius 2 is 1.96 bits per heavy atom. The molecule has 6 heteroatoms. The van der Waals surface area contributed by atoms with Crippen molar-refractivity contribution in [1.82, 2.24) is 4.98 Å². The van der Waals surface area contributed by atoms with Crippen molar-refractivity contribution in [3.8, 4) is 0 Å². The summed E-state index contributed by atoms with van der Waals surface area (Å²) in [5.41, 5.74) is 3.98. The van der Waals surface area contributed by atoms with E-state index >= 15 is 0 Å². The fourth-order valence-electron chi connectivity index (χ4n) is 2.88. The normalized spacial score (nSPS) is 12.1. The number of nitrogens with one attached hydrogen (secondary N) is 1. The van der Waals surface area contributed by atoms with Crippen LogP contribution in [-0.2, 0) is 6.42 Å². The number of benzene rings is 2. The Hall–Kier alpha value is -2.66. The Morgan fingerprint density at radius 3 is 2.60 bits per heavy atom. The lowest BCUT2D eigenvalue weighted by Gasteiger charge is -2.18. The summed E-state index contributed by atoms with van der Waals surface area (Å²) in [7, 11) is 0. The summed E-state index contributed by atoms with van der Waals surface area (Å²) in [6.45, 7) is 4.09. The van der Waals surface area contributed by atoms with E-state index in [-0.39, 0.29) is 11.7 Å². The summed E-state index contributed by atoms with van der Waals surface area (Å²) >= 11 is 6.21. The van der Waals surface area contributed by atoms with Crippen molar-refractivity contribution < 1.29 is 4.92 Å². The van der Waals surface area contributed by atoms with Gasteiger partial charge in [0.25, 0.3) is 5.69 Å². The van der Waals surface area contributed by atoms with Crippen LogP contribution in [0.3, 0.4) is 0 Å². The summed E-state index contributed by atoms with van der Waals surface area (Å²) < 4.78 is 0. The highest BCUT2D eigenvalue weighted by Crippen LogP contribution is 2.31. The van der Waals surface area contributed by atoms with Gasteiger partial charge in [-0.3, -0.25) is 10.1 Å². The number of nitrogens with zero attached hydrogens (tertiary/aromatic N) is 2. The minimum Gasteiger partial charge on any atom is -0.378 e. The summed E-state index contributed by atoms with van der Waals surface area (Å²) in [4.78, 5) is 14.9. The number of anilines is 1. The number of aromatic nitrogens is 1. The van der Waals surface area contributed by atoms with Gasteiger partial charge in [0.2, 0.25) is 0 Å². The Labute approximate surface area is 150 Å². The fraction of sp³-hybridized carbons (Fsp3) is 0.211. The molecule has 0 saturated heterocycles. The quantitative estimate of drug-likeness (QED) is 0.371. The molecule has 3 rings (SSSR count). The number of hydrogen-bond donors (Lipinski definition) is 1. The predicted octanol–water partition coefficient (Wildman–Crippen LogP) is 5.53. The van der Waals surface area contributed by atoms with Crippen LogP contribution in [-0.4, -0.2) is 9.91 Å². The van der Waals surface area contributed by atoms with Gasteiger partial charge in [0, 0.05) is 29.2 Å². The lowest BCUT2D eigenvalue weighted by Crippen LogP contribution is -2.07. The molecule has 1 atom stereocenters. The zero-order valence-corrected chi connectivity index (χ0v) is 14.7. The zero-order valence-electron chi connectivity index (χ0n) is 14.0. The van der Waals surface area contributed by atoms with Crippen molar-refractivity contribution >= 4 is 33.9 Å². The van der Waals surface area contributed by atoms with Gasteiger partial charge < -0.3 is 5.32 Å². The Bertz CT molecular complexity index is 926. The molecular weight excluding hydrogens is 338 g/mol. The van der Waals surface area contributed by atoms with Crippen LogP contribution in [0.4, 0.5) is 11.4 Å².